The molecule has 17 heavy (non-hydrogen) atoms. The minimum absolute atomic E-state index is 0.420. The summed E-state index contributed by atoms with van der Waals surface area (Å²) in [6.07, 6.45) is 0. The molecule has 4 nitrogen and oxygen atoms in total. The Morgan fingerprint density at radius 3 is 2.24 bits per heavy atom. The Kier molecular flexibility index (Phi) is 2.96. The Balaban J connectivity index is 2.74. The van der Waals surface area contributed by atoms with Crippen molar-refractivity contribution in [3.63, 3.8) is 0 Å². The molecule has 2 aromatic rings. The molecule has 0 aliphatic heterocycles. The molecule has 1 aromatic carbocycles. The van der Waals surface area contributed by atoms with E-state index in [-0.39, 0.29) is 0 Å². The minimum atomic E-state index is 0.420. The van der Waals surface area contributed by atoms with Crippen molar-refractivity contribution in [2.75, 3.05) is 14.2 Å². The van der Waals surface area contributed by atoms with Gasteiger partial charge in [-0.05, 0) is 12.0 Å². The van der Waals surface area contributed by atoms with Crippen LogP contribution in [0.5, 0.6) is 11.5 Å². The molecule has 0 radical (unpaired) electrons. The van der Waals surface area contributed by atoms with Crippen molar-refractivity contribution in [3.05, 3.63) is 17.8 Å². The summed E-state index contributed by atoms with van der Waals surface area (Å²) in [5, 5.41) is 5.62. The Labute approximate surface area is 101 Å². The zero-order chi connectivity index (χ0) is 12.6. The van der Waals surface area contributed by atoms with Crippen LogP contribution >= 0.6 is 0 Å². The molecule has 0 aliphatic carbocycles. The van der Waals surface area contributed by atoms with Crippen LogP contribution in [0.3, 0.4) is 0 Å². The number of methoxy groups -OCH3 is 2. The molecule has 0 aliphatic rings. The molecule has 92 valence electrons. The van der Waals surface area contributed by atoms with Crippen LogP contribution in [0, 0.1) is 0 Å². The molecule has 0 saturated heterocycles. The van der Waals surface area contributed by atoms with E-state index in [1.54, 1.807) is 14.2 Å². The molecule has 0 amide bonds. The summed E-state index contributed by atoms with van der Waals surface area (Å²) in [7, 11) is 5.25. The van der Waals surface area contributed by atoms with Gasteiger partial charge in [0.05, 0.1) is 19.7 Å². The van der Waals surface area contributed by atoms with E-state index in [1.807, 2.05) is 23.9 Å². The summed E-state index contributed by atoms with van der Waals surface area (Å²) in [6, 6.07) is 3.91. The molecule has 0 atom stereocenters. The number of aromatic nitrogens is 2. The van der Waals surface area contributed by atoms with Crippen molar-refractivity contribution in [1.29, 1.82) is 0 Å². The van der Waals surface area contributed by atoms with Gasteiger partial charge in [0.2, 0.25) is 0 Å². The number of hydrogen-bond acceptors (Lipinski definition) is 3. The summed E-state index contributed by atoms with van der Waals surface area (Å²) in [5.74, 6) is 1.88. The summed E-state index contributed by atoms with van der Waals surface area (Å²) in [6.45, 7) is 4.32. The minimum Gasteiger partial charge on any atom is -0.493 e. The lowest BCUT2D eigenvalue weighted by molar-refractivity contribution is 0.356. The van der Waals surface area contributed by atoms with Crippen LogP contribution < -0.4 is 9.47 Å². The number of benzene rings is 1. The molecule has 0 unspecified atom stereocenters. The fourth-order valence-electron chi connectivity index (χ4n) is 2.23. The van der Waals surface area contributed by atoms with Crippen molar-refractivity contribution in [2.24, 2.45) is 7.05 Å². The van der Waals surface area contributed by atoms with Crippen molar-refractivity contribution < 1.29 is 9.47 Å². The smallest absolute Gasteiger partial charge is 0.162 e. The van der Waals surface area contributed by atoms with Gasteiger partial charge in [0, 0.05) is 24.2 Å². The maximum absolute atomic E-state index is 5.33. The second kappa shape index (κ2) is 4.28. The topological polar surface area (TPSA) is 36.3 Å². The first-order valence-electron chi connectivity index (χ1n) is 5.67. The Hall–Kier alpha value is -1.71. The number of aryl methyl sites for hydroxylation is 1. The molecule has 4 heteroatoms. The first-order valence-corrected chi connectivity index (χ1v) is 5.67. The third-order valence-electron chi connectivity index (χ3n) is 2.93. The van der Waals surface area contributed by atoms with Gasteiger partial charge in [0.25, 0.3) is 0 Å². The first kappa shape index (κ1) is 11.8. The fourth-order valence-corrected chi connectivity index (χ4v) is 2.23. The average molecular weight is 234 g/mol. The normalized spacial score (nSPS) is 11.2. The summed E-state index contributed by atoms with van der Waals surface area (Å²) < 4.78 is 12.5. The van der Waals surface area contributed by atoms with Gasteiger partial charge in [-0.25, -0.2) is 0 Å². The number of ether oxygens (including phenoxy) is 2. The van der Waals surface area contributed by atoms with E-state index in [4.69, 9.17) is 9.47 Å². The van der Waals surface area contributed by atoms with Gasteiger partial charge in [-0.3, -0.25) is 4.68 Å². The van der Waals surface area contributed by atoms with Crippen molar-refractivity contribution in [1.82, 2.24) is 9.78 Å². The van der Waals surface area contributed by atoms with Crippen LogP contribution in [0.4, 0.5) is 0 Å². The quantitative estimate of drug-likeness (QED) is 0.819. The molecule has 2 rings (SSSR count). The largest absolute Gasteiger partial charge is 0.493 e. The van der Waals surface area contributed by atoms with Gasteiger partial charge >= 0.3 is 0 Å². The number of hydrogen-bond donors (Lipinski definition) is 0. The van der Waals surface area contributed by atoms with Gasteiger partial charge in [-0.1, -0.05) is 13.8 Å². The van der Waals surface area contributed by atoms with E-state index >= 15 is 0 Å². The fraction of sp³-hybridized carbons (Fsp3) is 0.462. The third-order valence-corrected chi connectivity index (χ3v) is 2.93. The predicted octanol–water partition coefficient (Wildman–Crippen LogP) is 2.71. The highest BCUT2D eigenvalue weighted by Gasteiger charge is 2.15. The van der Waals surface area contributed by atoms with Crippen LogP contribution in [0.15, 0.2) is 12.1 Å². The maximum atomic E-state index is 5.33. The third kappa shape index (κ3) is 1.84. The highest BCUT2D eigenvalue weighted by molar-refractivity contribution is 5.85. The van der Waals surface area contributed by atoms with E-state index in [0.717, 1.165) is 16.7 Å². The molecule has 1 heterocycles. The standard InChI is InChI=1S/C13H18N2O2/c1-8(2)13-9-6-11(16-4)12(17-5)7-10(9)14-15(13)3/h6-8H,1-5H3. The summed E-state index contributed by atoms with van der Waals surface area (Å²) in [4.78, 5) is 0. The molecule has 0 N–H and O–H groups in total. The lowest BCUT2D eigenvalue weighted by Gasteiger charge is -2.09. The highest BCUT2D eigenvalue weighted by Crippen LogP contribution is 2.35. The molecule has 0 spiro atoms. The first-order chi connectivity index (χ1) is 8.08. The van der Waals surface area contributed by atoms with Gasteiger partial charge in [0.1, 0.15) is 0 Å². The van der Waals surface area contributed by atoms with Crippen LogP contribution in [0.2, 0.25) is 0 Å². The van der Waals surface area contributed by atoms with E-state index in [9.17, 15) is 0 Å². The second-order valence-electron chi connectivity index (χ2n) is 4.39. The van der Waals surface area contributed by atoms with E-state index < -0.39 is 0 Å². The monoisotopic (exact) mass is 234 g/mol. The Bertz CT molecular complexity index is 544. The number of rotatable bonds is 3. The Morgan fingerprint density at radius 1 is 1.12 bits per heavy atom. The zero-order valence-electron chi connectivity index (χ0n) is 10.9. The molecule has 0 saturated carbocycles. The van der Waals surface area contributed by atoms with Gasteiger partial charge in [-0.2, -0.15) is 5.10 Å². The maximum Gasteiger partial charge on any atom is 0.162 e. The van der Waals surface area contributed by atoms with Gasteiger partial charge < -0.3 is 9.47 Å². The predicted molar refractivity (Wildman–Crippen MR) is 67.9 cm³/mol. The van der Waals surface area contributed by atoms with E-state index in [1.165, 1.54) is 5.69 Å². The lowest BCUT2D eigenvalue weighted by Crippen LogP contribution is -1.99. The molecule has 0 bridgehead atoms. The van der Waals surface area contributed by atoms with Crippen LogP contribution in [-0.2, 0) is 7.05 Å². The van der Waals surface area contributed by atoms with Crippen LogP contribution in [0.25, 0.3) is 10.9 Å². The van der Waals surface area contributed by atoms with Crippen molar-refractivity contribution >= 4 is 10.9 Å². The molecular formula is C13H18N2O2. The van der Waals surface area contributed by atoms with Gasteiger partial charge in [0.15, 0.2) is 11.5 Å². The van der Waals surface area contributed by atoms with Crippen LogP contribution in [-0.4, -0.2) is 24.0 Å². The number of nitrogens with zero attached hydrogens (tertiary/aromatic N) is 2. The van der Waals surface area contributed by atoms with Gasteiger partial charge in [-0.15, -0.1) is 0 Å². The zero-order valence-corrected chi connectivity index (χ0v) is 10.9. The van der Waals surface area contributed by atoms with E-state index in [2.05, 4.69) is 18.9 Å². The molecular weight excluding hydrogens is 216 g/mol. The Morgan fingerprint density at radius 2 is 1.71 bits per heavy atom. The van der Waals surface area contributed by atoms with Crippen molar-refractivity contribution in [3.8, 4) is 11.5 Å². The van der Waals surface area contributed by atoms with Crippen LogP contribution in [0.1, 0.15) is 25.5 Å². The van der Waals surface area contributed by atoms with Crippen molar-refractivity contribution in [2.45, 2.75) is 19.8 Å². The number of fused-ring (bicyclic) bond motifs is 1. The average Bonchev–Trinajstić information content (AvgIpc) is 2.61. The summed E-state index contributed by atoms with van der Waals surface area (Å²) >= 11 is 0. The second-order valence-corrected chi connectivity index (χ2v) is 4.39. The molecule has 0 fully saturated rings. The highest BCUT2D eigenvalue weighted by atomic mass is 16.5. The molecule has 1 aromatic heterocycles. The summed E-state index contributed by atoms with van der Waals surface area (Å²) in [5.41, 5.74) is 2.15. The van der Waals surface area contributed by atoms with E-state index in [0.29, 0.717) is 11.7 Å². The SMILES string of the molecule is COc1cc2nn(C)c(C(C)C)c2cc1OC. The lowest BCUT2D eigenvalue weighted by atomic mass is 10.1.